The molecule has 20 heavy (non-hydrogen) atoms. The zero-order valence-corrected chi connectivity index (χ0v) is 12.7. The molecule has 3 rings (SSSR count). The van der Waals surface area contributed by atoms with Crippen molar-refractivity contribution in [2.75, 3.05) is 0 Å². The van der Waals surface area contributed by atoms with E-state index in [0.717, 1.165) is 32.1 Å². The van der Waals surface area contributed by atoms with Crippen molar-refractivity contribution in [3.8, 4) is 0 Å². The van der Waals surface area contributed by atoms with Crippen LogP contribution in [0.2, 0.25) is 0 Å². The molecule has 0 bridgehead atoms. The highest BCUT2D eigenvalue weighted by Gasteiger charge is 2.76. The van der Waals surface area contributed by atoms with Crippen molar-refractivity contribution in [1.29, 1.82) is 0 Å². The second-order valence-corrected chi connectivity index (χ2v) is 7.62. The number of Topliss-reactive ketones (excluding diaryl/α,β-unsaturated/α-hetero) is 1. The van der Waals surface area contributed by atoms with E-state index in [4.69, 9.17) is 9.47 Å². The molecule has 0 spiro atoms. The summed E-state index contributed by atoms with van der Waals surface area (Å²) in [5.74, 6) is 0.110. The van der Waals surface area contributed by atoms with Crippen molar-refractivity contribution < 1.29 is 19.1 Å². The molecule has 2 aliphatic carbocycles. The van der Waals surface area contributed by atoms with Crippen LogP contribution in [0.5, 0.6) is 0 Å². The molecule has 3 atom stereocenters. The van der Waals surface area contributed by atoms with Gasteiger partial charge in [-0.25, -0.2) is 0 Å². The third-order valence-corrected chi connectivity index (χ3v) is 4.84. The van der Waals surface area contributed by atoms with Crippen LogP contribution in [0.15, 0.2) is 0 Å². The maximum Gasteiger partial charge on any atom is 0.306 e. The highest BCUT2D eigenvalue weighted by Crippen LogP contribution is 2.64. The molecular weight excluding hydrogens is 256 g/mol. The summed E-state index contributed by atoms with van der Waals surface area (Å²) in [7, 11) is 0. The fourth-order valence-corrected chi connectivity index (χ4v) is 4.11. The SMILES string of the molecule is CC(C)(C)OC(=O)C[C@H]1CC(=O)[C@@]23CCCC[C@]2(C1)O3. The van der Waals surface area contributed by atoms with E-state index in [1.807, 2.05) is 20.8 Å². The predicted molar refractivity (Wildman–Crippen MR) is 73.2 cm³/mol. The van der Waals surface area contributed by atoms with Crippen LogP contribution in [0.25, 0.3) is 0 Å². The van der Waals surface area contributed by atoms with Crippen LogP contribution in [0.1, 0.15) is 65.7 Å². The van der Waals surface area contributed by atoms with E-state index >= 15 is 0 Å². The van der Waals surface area contributed by atoms with Gasteiger partial charge in [0, 0.05) is 12.8 Å². The number of esters is 1. The van der Waals surface area contributed by atoms with E-state index < -0.39 is 11.2 Å². The van der Waals surface area contributed by atoms with Crippen molar-refractivity contribution in [3.05, 3.63) is 0 Å². The minimum absolute atomic E-state index is 0.0890. The summed E-state index contributed by atoms with van der Waals surface area (Å²) in [5, 5.41) is 0. The van der Waals surface area contributed by atoms with E-state index in [-0.39, 0.29) is 23.3 Å². The lowest BCUT2D eigenvalue weighted by atomic mass is 9.66. The minimum atomic E-state index is -0.463. The first kappa shape index (κ1) is 14.1. The zero-order chi connectivity index (χ0) is 14.6. The summed E-state index contributed by atoms with van der Waals surface area (Å²) in [6, 6.07) is 0. The fraction of sp³-hybridized carbons (Fsp3) is 0.875. The molecule has 1 heterocycles. The van der Waals surface area contributed by atoms with Gasteiger partial charge >= 0.3 is 5.97 Å². The number of epoxide rings is 1. The first-order valence-corrected chi connectivity index (χ1v) is 7.72. The van der Waals surface area contributed by atoms with Crippen molar-refractivity contribution in [1.82, 2.24) is 0 Å². The molecule has 4 heteroatoms. The number of carbonyl (C=O) groups excluding carboxylic acids is 2. The fourth-order valence-electron chi connectivity index (χ4n) is 4.11. The number of rotatable bonds is 2. The van der Waals surface area contributed by atoms with Gasteiger partial charge in [-0.1, -0.05) is 6.42 Å². The molecule has 0 radical (unpaired) electrons. The monoisotopic (exact) mass is 280 g/mol. The van der Waals surface area contributed by atoms with Gasteiger partial charge in [-0.3, -0.25) is 9.59 Å². The van der Waals surface area contributed by atoms with E-state index in [0.29, 0.717) is 12.8 Å². The van der Waals surface area contributed by atoms with Gasteiger partial charge in [-0.05, 0) is 52.4 Å². The number of ether oxygens (including phenoxy) is 2. The Balaban J connectivity index is 1.64. The Kier molecular flexibility index (Phi) is 3.02. The Morgan fingerprint density at radius 1 is 1.35 bits per heavy atom. The van der Waals surface area contributed by atoms with Crippen LogP contribution in [0.4, 0.5) is 0 Å². The second-order valence-electron chi connectivity index (χ2n) is 7.62. The Bertz CT molecular complexity index is 450. The Hall–Kier alpha value is -0.900. The van der Waals surface area contributed by atoms with Gasteiger partial charge < -0.3 is 9.47 Å². The molecule has 2 saturated carbocycles. The molecule has 1 saturated heterocycles. The van der Waals surface area contributed by atoms with Crippen LogP contribution in [0.3, 0.4) is 0 Å². The van der Waals surface area contributed by atoms with Crippen molar-refractivity contribution in [2.24, 2.45) is 5.92 Å². The average molecular weight is 280 g/mol. The molecule has 0 aromatic heterocycles. The number of carbonyl (C=O) groups is 2. The van der Waals surface area contributed by atoms with Gasteiger partial charge in [0.2, 0.25) is 0 Å². The van der Waals surface area contributed by atoms with Crippen molar-refractivity contribution in [2.45, 2.75) is 82.5 Å². The maximum atomic E-state index is 12.4. The topological polar surface area (TPSA) is 55.9 Å². The van der Waals surface area contributed by atoms with Crippen molar-refractivity contribution in [3.63, 3.8) is 0 Å². The van der Waals surface area contributed by atoms with Crippen LogP contribution in [0, 0.1) is 5.92 Å². The molecule has 0 unspecified atom stereocenters. The highest BCUT2D eigenvalue weighted by molar-refractivity contribution is 5.93. The quantitative estimate of drug-likeness (QED) is 0.576. The van der Waals surface area contributed by atoms with Crippen molar-refractivity contribution >= 4 is 11.8 Å². The summed E-state index contributed by atoms with van der Waals surface area (Å²) >= 11 is 0. The van der Waals surface area contributed by atoms with E-state index in [2.05, 4.69) is 0 Å². The molecule has 0 amide bonds. The molecule has 3 fully saturated rings. The van der Waals surface area contributed by atoms with Gasteiger partial charge in [0.05, 0.1) is 0 Å². The van der Waals surface area contributed by atoms with Crippen LogP contribution in [-0.4, -0.2) is 28.6 Å². The lowest BCUT2D eigenvalue weighted by Crippen LogP contribution is -2.44. The van der Waals surface area contributed by atoms with E-state index in [1.165, 1.54) is 0 Å². The van der Waals surface area contributed by atoms with Crippen LogP contribution >= 0.6 is 0 Å². The minimum Gasteiger partial charge on any atom is -0.460 e. The first-order valence-electron chi connectivity index (χ1n) is 7.72. The second kappa shape index (κ2) is 4.30. The average Bonchev–Trinajstić information content (AvgIpc) is 2.96. The van der Waals surface area contributed by atoms with Crippen LogP contribution < -0.4 is 0 Å². The van der Waals surface area contributed by atoms with Gasteiger partial charge in [0.25, 0.3) is 0 Å². The molecule has 0 N–H and O–H groups in total. The number of ketones is 1. The molecule has 0 aromatic carbocycles. The van der Waals surface area contributed by atoms with Gasteiger partial charge in [-0.2, -0.15) is 0 Å². The smallest absolute Gasteiger partial charge is 0.306 e. The molecule has 0 aromatic rings. The summed E-state index contributed by atoms with van der Waals surface area (Å²) in [6.45, 7) is 5.60. The third kappa shape index (κ3) is 2.18. The van der Waals surface area contributed by atoms with Gasteiger partial charge in [0.15, 0.2) is 11.4 Å². The molecule has 3 aliphatic rings. The molecule has 4 nitrogen and oxygen atoms in total. The normalized spacial score (nSPS) is 39.8. The standard InChI is InChI=1S/C16H24O4/c1-14(2,3)19-13(18)9-11-8-12(17)16-7-5-4-6-15(16,10-11)20-16/h11H,4-10H2,1-3H3/t11-,15-,16+/m1/s1. The number of hydrogen-bond acceptors (Lipinski definition) is 4. The van der Waals surface area contributed by atoms with Crippen LogP contribution in [-0.2, 0) is 19.1 Å². The lowest BCUT2D eigenvalue weighted by Gasteiger charge is -2.32. The highest BCUT2D eigenvalue weighted by atomic mass is 16.6. The van der Waals surface area contributed by atoms with Gasteiger partial charge in [0.1, 0.15) is 11.2 Å². The Labute approximate surface area is 120 Å². The predicted octanol–water partition coefficient (Wildman–Crippen LogP) is 2.78. The van der Waals surface area contributed by atoms with E-state index in [9.17, 15) is 9.59 Å². The Morgan fingerprint density at radius 2 is 2.05 bits per heavy atom. The number of hydrogen-bond donors (Lipinski definition) is 0. The zero-order valence-electron chi connectivity index (χ0n) is 12.7. The summed E-state index contributed by atoms with van der Waals surface area (Å²) in [4.78, 5) is 24.3. The summed E-state index contributed by atoms with van der Waals surface area (Å²) in [5.41, 5.74) is -1.15. The summed E-state index contributed by atoms with van der Waals surface area (Å²) < 4.78 is 11.3. The van der Waals surface area contributed by atoms with E-state index in [1.54, 1.807) is 0 Å². The molecule has 112 valence electrons. The third-order valence-electron chi connectivity index (χ3n) is 4.84. The first-order chi connectivity index (χ1) is 9.26. The molecular formula is C16H24O4. The summed E-state index contributed by atoms with van der Waals surface area (Å²) in [6.07, 6.45) is 5.73. The maximum absolute atomic E-state index is 12.4. The molecule has 1 aliphatic heterocycles. The lowest BCUT2D eigenvalue weighted by molar-refractivity contribution is -0.156. The Morgan fingerprint density at radius 3 is 2.75 bits per heavy atom. The van der Waals surface area contributed by atoms with Gasteiger partial charge in [-0.15, -0.1) is 0 Å². The largest absolute Gasteiger partial charge is 0.460 e.